The molecule has 1 heterocycles. The lowest BCUT2D eigenvalue weighted by atomic mass is 10.3. The number of methoxy groups -OCH3 is 1. The second kappa shape index (κ2) is 7.43. The van der Waals surface area contributed by atoms with E-state index in [9.17, 15) is 14.4 Å². The number of imide groups is 1. The fraction of sp³-hybridized carbons (Fsp3) is 0.500. The normalized spacial score (nSPS) is 9.95. The van der Waals surface area contributed by atoms with Crippen LogP contribution in [0.25, 0.3) is 0 Å². The summed E-state index contributed by atoms with van der Waals surface area (Å²) >= 11 is 5.71. The van der Waals surface area contributed by atoms with Gasteiger partial charge in [0.05, 0.1) is 25.3 Å². The SMILES string of the molecule is CCOC(=O)c1nnn(CC(=O)NC(=O)OC)c1CCl. The van der Waals surface area contributed by atoms with Gasteiger partial charge in [0, 0.05) is 0 Å². The molecule has 1 aromatic rings. The number of aromatic nitrogens is 3. The van der Waals surface area contributed by atoms with Crippen molar-refractivity contribution in [3.63, 3.8) is 0 Å². The molecule has 0 aliphatic carbocycles. The van der Waals surface area contributed by atoms with Crippen LogP contribution in [0.1, 0.15) is 23.1 Å². The number of alkyl halides is 1. The molecular formula is C10H13ClN4O5. The van der Waals surface area contributed by atoms with Crippen molar-refractivity contribution in [2.45, 2.75) is 19.3 Å². The molecule has 0 atom stereocenters. The van der Waals surface area contributed by atoms with Gasteiger partial charge in [-0.3, -0.25) is 10.1 Å². The number of halogens is 1. The summed E-state index contributed by atoms with van der Waals surface area (Å²) in [6.07, 6.45) is -0.895. The molecule has 20 heavy (non-hydrogen) atoms. The van der Waals surface area contributed by atoms with Crippen LogP contribution in [0.3, 0.4) is 0 Å². The quantitative estimate of drug-likeness (QED) is 0.605. The van der Waals surface area contributed by atoms with Crippen LogP contribution in [-0.2, 0) is 26.7 Å². The average molecular weight is 305 g/mol. The summed E-state index contributed by atoms with van der Waals surface area (Å²) in [5, 5.41) is 9.19. The largest absolute Gasteiger partial charge is 0.461 e. The Labute approximate surface area is 119 Å². The number of esters is 1. The van der Waals surface area contributed by atoms with Crippen molar-refractivity contribution in [2.24, 2.45) is 0 Å². The topological polar surface area (TPSA) is 112 Å². The maximum atomic E-state index is 11.6. The smallest absolute Gasteiger partial charge is 0.413 e. The zero-order chi connectivity index (χ0) is 15.1. The minimum Gasteiger partial charge on any atom is -0.461 e. The molecule has 10 heteroatoms. The first kappa shape index (κ1) is 15.9. The van der Waals surface area contributed by atoms with E-state index in [0.29, 0.717) is 0 Å². The van der Waals surface area contributed by atoms with E-state index in [2.05, 4.69) is 15.0 Å². The number of amides is 2. The lowest BCUT2D eigenvalue weighted by Crippen LogP contribution is -2.33. The van der Waals surface area contributed by atoms with Crippen LogP contribution < -0.4 is 5.32 Å². The summed E-state index contributed by atoms with van der Waals surface area (Å²) in [7, 11) is 1.13. The van der Waals surface area contributed by atoms with Crippen molar-refractivity contribution < 1.29 is 23.9 Å². The fourth-order valence-electron chi connectivity index (χ4n) is 1.29. The molecule has 1 aromatic heterocycles. The molecule has 0 unspecified atom stereocenters. The van der Waals surface area contributed by atoms with Gasteiger partial charge in [0.2, 0.25) is 0 Å². The minimum absolute atomic E-state index is 0.0623. The van der Waals surface area contributed by atoms with Gasteiger partial charge in [-0.05, 0) is 6.92 Å². The second-order valence-corrected chi connectivity index (χ2v) is 3.70. The molecule has 1 N–H and O–H groups in total. The highest BCUT2D eigenvalue weighted by Crippen LogP contribution is 2.10. The summed E-state index contributed by atoms with van der Waals surface area (Å²) < 4.78 is 10.2. The molecule has 0 radical (unpaired) electrons. The predicted octanol–water partition coefficient (Wildman–Crippen LogP) is 0.0762. The van der Waals surface area contributed by atoms with Crippen LogP contribution in [0, 0.1) is 0 Å². The Bertz CT molecular complexity index is 516. The monoisotopic (exact) mass is 304 g/mol. The number of carbonyl (C=O) groups excluding carboxylic acids is 3. The van der Waals surface area contributed by atoms with Crippen molar-refractivity contribution >= 4 is 29.6 Å². The van der Waals surface area contributed by atoms with E-state index in [4.69, 9.17) is 16.3 Å². The van der Waals surface area contributed by atoms with Gasteiger partial charge >= 0.3 is 12.1 Å². The summed E-state index contributed by atoms with van der Waals surface area (Å²) in [4.78, 5) is 33.9. The van der Waals surface area contributed by atoms with Gasteiger partial charge in [-0.25, -0.2) is 14.3 Å². The molecule has 0 fully saturated rings. The number of rotatable bonds is 5. The summed E-state index contributed by atoms with van der Waals surface area (Å²) in [5.41, 5.74) is 0.165. The van der Waals surface area contributed by atoms with E-state index in [-0.39, 0.29) is 30.4 Å². The highest BCUT2D eigenvalue weighted by molar-refractivity contribution is 6.17. The van der Waals surface area contributed by atoms with Crippen LogP contribution in [0.5, 0.6) is 0 Å². The van der Waals surface area contributed by atoms with E-state index in [1.54, 1.807) is 6.92 Å². The lowest BCUT2D eigenvalue weighted by molar-refractivity contribution is -0.121. The summed E-state index contributed by atoms with van der Waals surface area (Å²) in [5.74, 6) is -1.45. The molecule has 0 saturated heterocycles. The minimum atomic E-state index is -0.895. The van der Waals surface area contributed by atoms with E-state index >= 15 is 0 Å². The molecule has 0 aromatic carbocycles. The van der Waals surface area contributed by atoms with Gasteiger partial charge in [0.15, 0.2) is 5.69 Å². The third-order valence-corrected chi connectivity index (χ3v) is 2.41. The van der Waals surface area contributed by atoms with Crippen LogP contribution in [0.15, 0.2) is 0 Å². The Hall–Kier alpha value is -2.16. The van der Waals surface area contributed by atoms with Crippen molar-refractivity contribution in [2.75, 3.05) is 13.7 Å². The number of carbonyl (C=O) groups is 3. The standard InChI is InChI=1S/C10H13ClN4O5/c1-3-20-9(17)8-6(4-11)15(14-13-8)5-7(16)12-10(18)19-2/h3-5H2,1-2H3,(H,12,16,18). The predicted molar refractivity (Wildman–Crippen MR) is 66.1 cm³/mol. The molecule has 0 bridgehead atoms. The summed E-state index contributed by atoms with van der Waals surface area (Å²) in [6.45, 7) is 1.49. The number of alkyl carbamates (subject to hydrolysis) is 1. The van der Waals surface area contributed by atoms with Crippen molar-refractivity contribution in [3.05, 3.63) is 11.4 Å². The first-order chi connectivity index (χ1) is 9.53. The second-order valence-electron chi connectivity index (χ2n) is 3.44. The molecule has 110 valence electrons. The average Bonchev–Trinajstić information content (AvgIpc) is 2.81. The van der Waals surface area contributed by atoms with Crippen LogP contribution >= 0.6 is 11.6 Å². The van der Waals surface area contributed by atoms with Gasteiger partial charge in [0.25, 0.3) is 5.91 Å². The Morgan fingerprint density at radius 1 is 1.40 bits per heavy atom. The lowest BCUT2D eigenvalue weighted by Gasteiger charge is -2.05. The molecule has 0 spiro atoms. The van der Waals surface area contributed by atoms with Crippen LogP contribution in [-0.4, -0.2) is 46.7 Å². The molecule has 0 aliphatic heterocycles. The Kier molecular flexibility index (Phi) is 5.91. The number of ether oxygens (including phenoxy) is 2. The van der Waals surface area contributed by atoms with E-state index in [1.165, 1.54) is 0 Å². The number of nitrogens with one attached hydrogen (secondary N) is 1. The number of hydrogen-bond acceptors (Lipinski definition) is 7. The summed E-state index contributed by atoms with van der Waals surface area (Å²) in [6, 6.07) is 0. The Balaban J connectivity index is 2.83. The van der Waals surface area contributed by atoms with Gasteiger partial charge in [-0.2, -0.15) is 0 Å². The van der Waals surface area contributed by atoms with Crippen LogP contribution in [0.2, 0.25) is 0 Å². The molecule has 0 aliphatic rings. The first-order valence-corrected chi connectivity index (χ1v) is 6.10. The molecule has 9 nitrogen and oxygen atoms in total. The van der Waals surface area contributed by atoms with Crippen LogP contribution in [0.4, 0.5) is 4.79 Å². The zero-order valence-electron chi connectivity index (χ0n) is 10.9. The van der Waals surface area contributed by atoms with Gasteiger partial charge < -0.3 is 9.47 Å². The number of nitrogens with zero attached hydrogens (tertiary/aromatic N) is 3. The highest BCUT2D eigenvalue weighted by atomic mass is 35.5. The van der Waals surface area contributed by atoms with E-state index in [1.807, 2.05) is 5.32 Å². The highest BCUT2D eigenvalue weighted by Gasteiger charge is 2.21. The van der Waals surface area contributed by atoms with Crippen molar-refractivity contribution in [3.8, 4) is 0 Å². The zero-order valence-corrected chi connectivity index (χ0v) is 11.6. The third-order valence-electron chi connectivity index (χ3n) is 2.15. The Morgan fingerprint density at radius 3 is 2.65 bits per heavy atom. The fourth-order valence-corrected chi connectivity index (χ4v) is 1.56. The maximum absolute atomic E-state index is 11.6. The van der Waals surface area contributed by atoms with Crippen molar-refractivity contribution in [1.82, 2.24) is 20.3 Å². The molecule has 1 rings (SSSR count). The van der Waals surface area contributed by atoms with Gasteiger partial charge in [0.1, 0.15) is 6.54 Å². The molecule has 0 saturated carbocycles. The first-order valence-electron chi connectivity index (χ1n) is 5.56. The van der Waals surface area contributed by atoms with Crippen molar-refractivity contribution in [1.29, 1.82) is 0 Å². The number of hydrogen-bond donors (Lipinski definition) is 1. The third kappa shape index (κ3) is 3.92. The molecule has 2 amide bonds. The maximum Gasteiger partial charge on any atom is 0.413 e. The van der Waals surface area contributed by atoms with E-state index in [0.717, 1.165) is 11.8 Å². The van der Waals surface area contributed by atoms with Gasteiger partial charge in [-0.1, -0.05) is 5.21 Å². The van der Waals surface area contributed by atoms with E-state index < -0.39 is 18.0 Å². The Morgan fingerprint density at radius 2 is 2.10 bits per heavy atom. The van der Waals surface area contributed by atoms with Gasteiger partial charge in [-0.15, -0.1) is 16.7 Å². The molecular weight excluding hydrogens is 292 g/mol.